The second-order valence-electron chi connectivity index (χ2n) is 5.86. The minimum Gasteiger partial charge on any atom is -0.484 e. The van der Waals surface area contributed by atoms with E-state index >= 15 is 0 Å². The van der Waals surface area contributed by atoms with Gasteiger partial charge in [0.2, 0.25) is 0 Å². The lowest BCUT2D eigenvalue weighted by Crippen LogP contribution is -2.32. The molecule has 0 radical (unpaired) electrons. The largest absolute Gasteiger partial charge is 0.484 e. The summed E-state index contributed by atoms with van der Waals surface area (Å²) in [5.41, 5.74) is 1.87. The van der Waals surface area contributed by atoms with E-state index in [0.29, 0.717) is 5.75 Å². The smallest absolute Gasteiger partial charge is 0.258 e. The van der Waals surface area contributed by atoms with Gasteiger partial charge in [-0.05, 0) is 34.5 Å². The van der Waals surface area contributed by atoms with Crippen LogP contribution in [0, 0.1) is 0 Å². The Hall–Kier alpha value is -3.22. The molecule has 26 heavy (non-hydrogen) atoms. The van der Waals surface area contributed by atoms with Crippen molar-refractivity contribution in [3.05, 3.63) is 66.5 Å². The Kier molecular flexibility index (Phi) is 5.92. The Morgan fingerprint density at radius 1 is 1.19 bits per heavy atom. The van der Waals surface area contributed by atoms with Crippen LogP contribution in [0.5, 0.6) is 5.75 Å². The van der Waals surface area contributed by atoms with Gasteiger partial charge in [0.05, 0.1) is 11.7 Å². The van der Waals surface area contributed by atoms with E-state index in [2.05, 4.69) is 27.8 Å². The monoisotopic (exact) mass is 351 g/mol. The standard InChI is InChI=1S/C19H21N5O2/c1-2-7-18(15-8-4-3-5-9-15)21-19(25)13-26-17-11-6-10-16(12-17)24-14-20-22-23-24/h3-6,8-12,14,18H,2,7,13H2,1H3,(H,21,25)/t18-/m0/s1. The first-order valence-corrected chi connectivity index (χ1v) is 8.57. The lowest BCUT2D eigenvalue weighted by atomic mass is 10.0. The first-order valence-electron chi connectivity index (χ1n) is 8.57. The van der Waals surface area contributed by atoms with Gasteiger partial charge in [-0.2, -0.15) is 0 Å². The fraction of sp³-hybridized carbons (Fsp3) is 0.263. The van der Waals surface area contributed by atoms with Gasteiger partial charge in [0.1, 0.15) is 12.1 Å². The third-order valence-corrected chi connectivity index (χ3v) is 3.92. The fourth-order valence-electron chi connectivity index (χ4n) is 2.68. The predicted octanol–water partition coefficient (Wildman–Crippen LogP) is 2.70. The summed E-state index contributed by atoms with van der Waals surface area (Å²) in [5, 5.41) is 14.1. The van der Waals surface area contributed by atoms with Crippen LogP contribution in [0.3, 0.4) is 0 Å². The quantitative estimate of drug-likeness (QED) is 0.675. The summed E-state index contributed by atoms with van der Waals surface area (Å²) in [5.74, 6) is 0.431. The average molecular weight is 351 g/mol. The van der Waals surface area contributed by atoms with Gasteiger partial charge in [0, 0.05) is 6.07 Å². The van der Waals surface area contributed by atoms with Crippen LogP contribution in [0.15, 0.2) is 60.9 Å². The van der Waals surface area contributed by atoms with Crippen LogP contribution in [0.2, 0.25) is 0 Å². The van der Waals surface area contributed by atoms with E-state index in [-0.39, 0.29) is 18.6 Å². The van der Waals surface area contributed by atoms with E-state index in [4.69, 9.17) is 4.74 Å². The van der Waals surface area contributed by atoms with Gasteiger partial charge in [-0.25, -0.2) is 4.68 Å². The molecule has 2 aromatic carbocycles. The normalized spacial score (nSPS) is 11.7. The van der Waals surface area contributed by atoms with Crippen molar-refractivity contribution in [3.8, 4) is 11.4 Å². The van der Waals surface area contributed by atoms with Gasteiger partial charge < -0.3 is 10.1 Å². The van der Waals surface area contributed by atoms with Crippen LogP contribution in [0.25, 0.3) is 5.69 Å². The first-order chi connectivity index (χ1) is 12.8. The van der Waals surface area contributed by atoms with Crippen molar-refractivity contribution >= 4 is 5.91 Å². The number of carbonyl (C=O) groups excluding carboxylic acids is 1. The van der Waals surface area contributed by atoms with E-state index in [1.807, 2.05) is 42.5 Å². The fourth-order valence-corrected chi connectivity index (χ4v) is 2.68. The highest BCUT2D eigenvalue weighted by Gasteiger charge is 2.14. The number of nitrogens with zero attached hydrogens (tertiary/aromatic N) is 4. The first kappa shape index (κ1) is 17.6. The number of benzene rings is 2. The maximum atomic E-state index is 12.3. The second kappa shape index (κ2) is 8.75. The van der Waals surface area contributed by atoms with Crippen LogP contribution in [-0.4, -0.2) is 32.7 Å². The second-order valence-corrected chi connectivity index (χ2v) is 5.86. The molecule has 0 aliphatic heterocycles. The number of tetrazole rings is 1. The number of hydrogen-bond acceptors (Lipinski definition) is 5. The summed E-state index contributed by atoms with van der Waals surface area (Å²) in [7, 11) is 0. The molecule has 0 saturated carbocycles. The Bertz CT molecular complexity index is 821. The zero-order chi connectivity index (χ0) is 18.2. The average Bonchev–Trinajstić information content (AvgIpc) is 3.22. The number of ether oxygens (including phenoxy) is 1. The summed E-state index contributed by atoms with van der Waals surface area (Å²) in [6, 6.07) is 17.2. The molecular formula is C19H21N5O2. The summed E-state index contributed by atoms with van der Waals surface area (Å²) in [6.45, 7) is 2.05. The summed E-state index contributed by atoms with van der Waals surface area (Å²) in [6.07, 6.45) is 3.36. The molecule has 0 bridgehead atoms. The molecule has 0 aliphatic rings. The Morgan fingerprint density at radius 2 is 2.04 bits per heavy atom. The molecule has 0 saturated heterocycles. The molecule has 1 amide bonds. The van der Waals surface area contributed by atoms with Crippen molar-refractivity contribution in [3.63, 3.8) is 0 Å². The molecule has 3 rings (SSSR count). The maximum Gasteiger partial charge on any atom is 0.258 e. The van der Waals surface area contributed by atoms with Crippen molar-refractivity contribution in [1.29, 1.82) is 0 Å². The number of amides is 1. The summed E-state index contributed by atoms with van der Waals surface area (Å²) >= 11 is 0. The highest BCUT2D eigenvalue weighted by molar-refractivity contribution is 5.78. The van der Waals surface area contributed by atoms with Crippen molar-refractivity contribution in [1.82, 2.24) is 25.5 Å². The predicted molar refractivity (Wildman–Crippen MR) is 96.9 cm³/mol. The molecule has 1 N–H and O–H groups in total. The van der Waals surface area contributed by atoms with Crippen LogP contribution in [-0.2, 0) is 4.79 Å². The molecule has 0 aliphatic carbocycles. The number of carbonyl (C=O) groups is 1. The molecule has 0 fully saturated rings. The maximum absolute atomic E-state index is 12.3. The van der Waals surface area contributed by atoms with Crippen LogP contribution in [0.4, 0.5) is 0 Å². The zero-order valence-electron chi connectivity index (χ0n) is 14.6. The third-order valence-electron chi connectivity index (χ3n) is 3.92. The SMILES string of the molecule is CCC[C@H](NC(=O)COc1cccc(-n2cnnn2)c1)c1ccccc1. The highest BCUT2D eigenvalue weighted by Crippen LogP contribution is 2.19. The van der Waals surface area contributed by atoms with Gasteiger partial charge in [-0.1, -0.05) is 49.7 Å². The molecule has 1 atom stereocenters. The summed E-state index contributed by atoms with van der Waals surface area (Å²) < 4.78 is 7.15. The number of hydrogen-bond donors (Lipinski definition) is 1. The van der Waals surface area contributed by atoms with Crippen molar-refractivity contribution in [2.24, 2.45) is 0 Å². The van der Waals surface area contributed by atoms with Crippen LogP contribution in [0.1, 0.15) is 31.4 Å². The topological polar surface area (TPSA) is 81.9 Å². The van der Waals surface area contributed by atoms with E-state index in [0.717, 1.165) is 24.1 Å². The molecule has 7 nitrogen and oxygen atoms in total. The zero-order valence-corrected chi connectivity index (χ0v) is 14.6. The van der Waals surface area contributed by atoms with Gasteiger partial charge in [-0.15, -0.1) is 5.10 Å². The lowest BCUT2D eigenvalue weighted by Gasteiger charge is -2.19. The Morgan fingerprint density at radius 3 is 2.77 bits per heavy atom. The van der Waals surface area contributed by atoms with E-state index < -0.39 is 0 Å². The van der Waals surface area contributed by atoms with Crippen molar-refractivity contribution in [2.75, 3.05) is 6.61 Å². The summed E-state index contributed by atoms with van der Waals surface area (Å²) in [4.78, 5) is 12.3. The Labute approximate surface area is 152 Å². The van der Waals surface area contributed by atoms with E-state index in [1.165, 1.54) is 11.0 Å². The molecule has 7 heteroatoms. The van der Waals surface area contributed by atoms with Gasteiger partial charge in [-0.3, -0.25) is 4.79 Å². The van der Waals surface area contributed by atoms with E-state index in [9.17, 15) is 4.79 Å². The van der Waals surface area contributed by atoms with Crippen LogP contribution < -0.4 is 10.1 Å². The molecular weight excluding hydrogens is 330 g/mol. The molecule has 1 heterocycles. The van der Waals surface area contributed by atoms with E-state index in [1.54, 1.807) is 12.1 Å². The van der Waals surface area contributed by atoms with Gasteiger partial charge in [0.25, 0.3) is 5.91 Å². The third kappa shape index (κ3) is 4.66. The number of nitrogens with one attached hydrogen (secondary N) is 1. The van der Waals surface area contributed by atoms with Crippen LogP contribution >= 0.6 is 0 Å². The van der Waals surface area contributed by atoms with Crippen molar-refractivity contribution in [2.45, 2.75) is 25.8 Å². The van der Waals surface area contributed by atoms with Crippen molar-refractivity contribution < 1.29 is 9.53 Å². The van der Waals surface area contributed by atoms with Gasteiger partial charge in [0.15, 0.2) is 6.61 Å². The molecule has 1 aromatic heterocycles. The number of aromatic nitrogens is 4. The number of rotatable bonds is 8. The lowest BCUT2D eigenvalue weighted by molar-refractivity contribution is -0.123. The van der Waals surface area contributed by atoms with Gasteiger partial charge >= 0.3 is 0 Å². The Balaban J connectivity index is 1.59. The highest BCUT2D eigenvalue weighted by atomic mass is 16.5. The molecule has 3 aromatic rings. The molecule has 134 valence electrons. The molecule has 0 spiro atoms. The molecule has 0 unspecified atom stereocenters. The minimum absolute atomic E-state index is 0.00939. The minimum atomic E-state index is -0.153.